The van der Waals surface area contributed by atoms with Gasteiger partial charge in [0.2, 0.25) is 0 Å². The second kappa shape index (κ2) is 7.32. The SMILES string of the molecule is CCCCC(COc1ccccc1)C(C)C. The summed E-state index contributed by atoms with van der Waals surface area (Å²) in [6.45, 7) is 7.67. The van der Waals surface area contributed by atoms with Gasteiger partial charge in [0.05, 0.1) is 6.61 Å². The van der Waals surface area contributed by atoms with E-state index >= 15 is 0 Å². The van der Waals surface area contributed by atoms with Gasteiger partial charge in [-0.3, -0.25) is 0 Å². The third-order valence-electron chi connectivity index (χ3n) is 3.08. The Hall–Kier alpha value is -0.980. The van der Waals surface area contributed by atoms with Crippen LogP contribution in [0.3, 0.4) is 0 Å². The topological polar surface area (TPSA) is 9.23 Å². The van der Waals surface area contributed by atoms with E-state index in [2.05, 4.69) is 20.8 Å². The summed E-state index contributed by atoms with van der Waals surface area (Å²) in [5.74, 6) is 2.38. The summed E-state index contributed by atoms with van der Waals surface area (Å²) in [7, 11) is 0. The Labute approximate surface area is 99.8 Å². The first-order valence-corrected chi connectivity index (χ1v) is 6.42. The first-order valence-electron chi connectivity index (χ1n) is 6.42. The van der Waals surface area contributed by atoms with Gasteiger partial charge < -0.3 is 4.74 Å². The van der Waals surface area contributed by atoms with Crippen LogP contribution in [-0.2, 0) is 0 Å². The Bertz CT molecular complexity index is 266. The summed E-state index contributed by atoms with van der Waals surface area (Å²) >= 11 is 0. The van der Waals surface area contributed by atoms with Crippen molar-refractivity contribution in [1.82, 2.24) is 0 Å². The smallest absolute Gasteiger partial charge is 0.119 e. The van der Waals surface area contributed by atoms with Crippen LogP contribution in [0.15, 0.2) is 30.3 Å². The molecule has 0 aliphatic rings. The monoisotopic (exact) mass is 220 g/mol. The largest absolute Gasteiger partial charge is 0.493 e. The molecule has 16 heavy (non-hydrogen) atoms. The number of benzene rings is 1. The molecule has 0 aliphatic carbocycles. The predicted octanol–water partition coefficient (Wildman–Crippen LogP) is 4.53. The number of hydrogen-bond acceptors (Lipinski definition) is 1. The first-order chi connectivity index (χ1) is 7.74. The van der Waals surface area contributed by atoms with Crippen LogP contribution < -0.4 is 4.74 Å². The highest BCUT2D eigenvalue weighted by Gasteiger charge is 2.13. The van der Waals surface area contributed by atoms with Crippen molar-refractivity contribution in [1.29, 1.82) is 0 Å². The Morgan fingerprint density at radius 3 is 2.38 bits per heavy atom. The standard InChI is InChI=1S/C15H24O/c1-4-5-9-14(13(2)3)12-16-15-10-7-6-8-11-15/h6-8,10-11,13-14H,4-5,9,12H2,1-3H3. The van der Waals surface area contributed by atoms with Crippen molar-refractivity contribution in [2.75, 3.05) is 6.61 Å². The van der Waals surface area contributed by atoms with Crippen LogP contribution in [0, 0.1) is 11.8 Å². The van der Waals surface area contributed by atoms with Crippen LogP contribution in [0.1, 0.15) is 40.0 Å². The number of rotatable bonds is 7. The molecule has 0 aromatic heterocycles. The maximum absolute atomic E-state index is 5.83. The molecule has 1 aromatic rings. The maximum atomic E-state index is 5.83. The summed E-state index contributed by atoms with van der Waals surface area (Å²) < 4.78 is 5.83. The van der Waals surface area contributed by atoms with Crippen LogP contribution in [-0.4, -0.2) is 6.61 Å². The van der Waals surface area contributed by atoms with Crippen molar-refractivity contribution < 1.29 is 4.74 Å². The van der Waals surface area contributed by atoms with E-state index in [1.807, 2.05) is 30.3 Å². The van der Waals surface area contributed by atoms with Crippen molar-refractivity contribution in [3.05, 3.63) is 30.3 Å². The molecule has 1 atom stereocenters. The van der Waals surface area contributed by atoms with Gasteiger partial charge in [0.15, 0.2) is 0 Å². The summed E-state index contributed by atoms with van der Waals surface area (Å²) in [6, 6.07) is 10.1. The van der Waals surface area contributed by atoms with Gasteiger partial charge in [0, 0.05) is 0 Å². The molecule has 1 rings (SSSR count). The second-order valence-corrected chi connectivity index (χ2v) is 4.77. The molecule has 1 heteroatoms. The van der Waals surface area contributed by atoms with Crippen molar-refractivity contribution >= 4 is 0 Å². The average molecular weight is 220 g/mol. The lowest BCUT2D eigenvalue weighted by Gasteiger charge is -2.21. The van der Waals surface area contributed by atoms with Crippen LogP contribution in [0.4, 0.5) is 0 Å². The molecule has 0 N–H and O–H groups in total. The van der Waals surface area contributed by atoms with Gasteiger partial charge >= 0.3 is 0 Å². The Morgan fingerprint density at radius 1 is 1.12 bits per heavy atom. The van der Waals surface area contributed by atoms with E-state index in [4.69, 9.17) is 4.74 Å². The molecule has 0 spiro atoms. The van der Waals surface area contributed by atoms with Crippen molar-refractivity contribution in [2.45, 2.75) is 40.0 Å². The highest BCUT2D eigenvalue weighted by atomic mass is 16.5. The molecule has 0 radical (unpaired) electrons. The summed E-state index contributed by atoms with van der Waals surface area (Å²) in [6.07, 6.45) is 3.86. The minimum atomic E-state index is 0.681. The fourth-order valence-electron chi connectivity index (χ4n) is 1.80. The molecule has 0 fully saturated rings. The van der Waals surface area contributed by atoms with Gasteiger partial charge in [-0.05, 0) is 30.4 Å². The van der Waals surface area contributed by atoms with Crippen LogP contribution >= 0.6 is 0 Å². The third kappa shape index (κ3) is 4.69. The van der Waals surface area contributed by atoms with E-state index in [0.29, 0.717) is 11.8 Å². The molecular formula is C15H24O. The predicted molar refractivity (Wildman–Crippen MR) is 69.8 cm³/mol. The van der Waals surface area contributed by atoms with Gasteiger partial charge in [-0.1, -0.05) is 51.8 Å². The van der Waals surface area contributed by atoms with Gasteiger partial charge in [0.25, 0.3) is 0 Å². The van der Waals surface area contributed by atoms with Crippen molar-refractivity contribution in [2.24, 2.45) is 11.8 Å². The Kier molecular flexibility index (Phi) is 5.99. The van der Waals surface area contributed by atoms with E-state index in [9.17, 15) is 0 Å². The lowest BCUT2D eigenvalue weighted by molar-refractivity contribution is 0.197. The van der Waals surface area contributed by atoms with E-state index in [1.54, 1.807) is 0 Å². The molecule has 0 saturated heterocycles. The molecule has 0 amide bonds. The van der Waals surface area contributed by atoms with Gasteiger partial charge in [0.1, 0.15) is 5.75 Å². The minimum Gasteiger partial charge on any atom is -0.493 e. The second-order valence-electron chi connectivity index (χ2n) is 4.77. The van der Waals surface area contributed by atoms with Crippen molar-refractivity contribution in [3.8, 4) is 5.75 Å². The van der Waals surface area contributed by atoms with Crippen LogP contribution in [0.5, 0.6) is 5.75 Å². The zero-order chi connectivity index (χ0) is 11.8. The molecule has 0 heterocycles. The molecule has 0 aliphatic heterocycles. The highest BCUT2D eigenvalue weighted by molar-refractivity contribution is 5.20. The van der Waals surface area contributed by atoms with E-state index < -0.39 is 0 Å². The number of para-hydroxylation sites is 1. The lowest BCUT2D eigenvalue weighted by atomic mass is 9.91. The van der Waals surface area contributed by atoms with E-state index in [1.165, 1.54) is 19.3 Å². The molecule has 1 unspecified atom stereocenters. The minimum absolute atomic E-state index is 0.681. The van der Waals surface area contributed by atoms with E-state index in [-0.39, 0.29) is 0 Å². The Balaban J connectivity index is 2.38. The molecule has 90 valence electrons. The normalized spacial score (nSPS) is 12.8. The molecule has 1 aromatic carbocycles. The zero-order valence-electron chi connectivity index (χ0n) is 10.8. The zero-order valence-corrected chi connectivity index (χ0v) is 10.8. The summed E-state index contributed by atoms with van der Waals surface area (Å²) in [5.41, 5.74) is 0. The average Bonchev–Trinajstić information content (AvgIpc) is 2.30. The number of unbranched alkanes of at least 4 members (excludes halogenated alkanes) is 1. The van der Waals surface area contributed by atoms with Gasteiger partial charge in [-0.25, -0.2) is 0 Å². The fourth-order valence-corrected chi connectivity index (χ4v) is 1.80. The van der Waals surface area contributed by atoms with Crippen molar-refractivity contribution in [3.63, 3.8) is 0 Å². The molecular weight excluding hydrogens is 196 g/mol. The number of ether oxygens (including phenoxy) is 1. The number of hydrogen-bond donors (Lipinski definition) is 0. The molecule has 0 saturated carbocycles. The quantitative estimate of drug-likeness (QED) is 0.656. The molecule has 1 nitrogen and oxygen atoms in total. The van der Waals surface area contributed by atoms with Crippen LogP contribution in [0.25, 0.3) is 0 Å². The maximum Gasteiger partial charge on any atom is 0.119 e. The van der Waals surface area contributed by atoms with Crippen LogP contribution in [0.2, 0.25) is 0 Å². The lowest BCUT2D eigenvalue weighted by Crippen LogP contribution is -2.17. The highest BCUT2D eigenvalue weighted by Crippen LogP contribution is 2.20. The summed E-state index contributed by atoms with van der Waals surface area (Å²) in [4.78, 5) is 0. The Morgan fingerprint density at radius 2 is 1.81 bits per heavy atom. The summed E-state index contributed by atoms with van der Waals surface area (Å²) in [5, 5.41) is 0. The van der Waals surface area contributed by atoms with E-state index in [0.717, 1.165) is 12.4 Å². The fraction of sp³-hybridized carbons (Fsp3) is 0.600. The van der Waals surface area contributed by atoms with Gasteiger partial charge in [-0.15, -0.1) is 0 Å². The first kappa shape index (κ1) is 13.1. The van der Waals surface area contributed by atoms with Gasteiger partial charge in [-0.2, -0.15) is 0 Å². The third-order valence-corrected chi connectivity index (χ3v) is 3.08. The molecule has 0 bridgehead atoms.